The van der Waals surface area contributed by atoms with Crippen LogP contribution in [0.15, 0.2) is 0 Å². The molecule has 0 aliphatic heterocycles. The van der Waals surface area contributed by atoms with E-state index < -0.39 is 23.5 Å². The molecular weight excluding hydrogens is 584 g/mol. The molecule has 3 atom stereocenters. The van der Waals surface area contributed by atoms with Crippen molar-refractivity contribution in [3.63, 3.8) is 0 Å². The van der Waals surface area contributed by atoms with Crippen LogP contribution in [0.5, 0.6) is 0 Å². The smallest absolute Gasteiger partial charge is 0.312 e. The highest BCUT2D eigenvalue weighted by molar-refractivity contribution is 5.75. The maximum absolute atomic E-state index is 12.8. The summed E-state index contributed by atoms with van der Waals surface area (Å²) in [4.78, 5) is 24.5. The highest BCUT2D eigenvalue weighted by atomic mass is 16.4. The number of hydrogen-bond donors (Lipinski definition) is 3. The van der Waals surface area contributed by atoms with Crippen molar-refractivity contribution in [2.75, 3.05) is 0 Å². The van der Waals surface area contributed by atoms with E-state index >= 15 is 0 Å². The number of aliphatic carboxylic acids is 2. The first-order valence-corrected chi connectivity index (χ1v) is 21.0. The topological polar surface area (TPSA) is 94.8 Å². The number of hydrogen-bond acceptors (Lipinski definition) is 3. The minimum absolute atomic E-state index is 0.207. The first kappa shape index (κ1) is 45.9. The second-order valence-corrected chi connectivity index (χ2v) is 15.1. The third kappa shape index (κ3) is 25.5. The van der Waals surface area contributed by atoms with Gasteiger partial charge in [0, 0.05) is 0 Å². The number of aliphatic hydroxyl groups is 1. The van der Waals surface area contributed by atoms with E-state index in [0.717, 1.165) is 96.3 Å². The fourth-order valence-corrected chi connectivity index (χ4v) is 7.41. The quantitative estimate of drug-likeness (QED) is 0.0570. The molecule has 0 fully saturated rings. The van der Waals surface area contributed by atoms with Crippen molar-refractivity contribution in [3.8, 4) is 0 Å². The Bertz CT molecular complexity index is 695. The van der Waals surface area contributed by atoms with E-state index in [0.29, 0.717) is 19.3 Å². The van der Waals surface area contributed by atoms with Gasteiger partial charge in [-0.15, -0.1) is 0 Å². The SMILES string of the molecule is CCCCCCCCCCCCCCC(CCCCCCCCC(CCCCCCCC)C(=O)O)(C(=O)O)C(O)CCCCCCC. The molecule has 3 N–H and O–H groups in total. The normalized spacial score (nSPS) is 14.2. The summed E-state index contributed by atoms with van der Waals surface area (Å²) in [5.74, 6) is -1.64. The second-order valence-electron chi connectivity index (χ2n) is 15.1. The van der Waals surface area contributed by atoms with Gasteiger partial charge in [-0.3, -0.25) is 9.59 Å². The van der Waals surface area contributed by atoms with Gasteiger partial charge in [-0.2, -0.15) is 0 Å². The minimum Gasteiger partial charge on any atom is -0.481 e. The molecular formula is C42H82O5. The Balaban J connectivity index is 4.58. The molecule has 0 rings (SSSR count). The largest absolute Gasteiger partial charge is 0.481 e. The number of unbranched alkanes of at least 4 members (excludes halogenated alkanes) is 25. The second kappa shape index (κ2) is 33.4. The van der Waals surface area contributed by atoms with Crippen LogP contribution in [0, 0.1) is 11.3 Å². The average molecular weight is 667 g/mol. The fourth-order valence-electron chi connectivity index (χ4n) is 7.41. The Morgan fingerprint density at radius 1 is 0.426 bits per heavy atom. The number of carboxylic acids is 2. The fraction of sp³-hybridized carbons (Fsp3) is 0.952. The van der Waals surface area contributed by atoms with Gasteiger partial charge in [0.1, 0.15) is 0 Å². The van der Waals surface area contributed by atoms with E-state index in [2.05, 4.69) is 20.8 Å². The summed E-state index contributed by atoms with van der Waals surface area (Å²) in [6.45, 7) is 6.67. The predicted octanol–water partition coefficient (Wildman–Crippen LogP) is 13.4. The van der Waals surface area contributed by atoms with Crippen LogP contribution in [-0.2, 0) is 9.59 Å². The highest BCUT2D eigenvalue weighted by Gasteiger charge is 2.43. The number of carbonyl (C=O) groups is 2. The molecule has 0 aromatic heterocycles. The third-order valence-electron chi connectivity index (χ3n) is 10.8. The summed E-state index contributed by atoms with van der Waals surface area (Å²) < 4.78 is 0. The number of aliphatic hydroxyl groups excluding tert-OH is 1. The monoisotopic (exact) mass is 667 g/mol. The maximum Gasteiger partial charge on any atom is 0.312 e. The van der Waals surface area contributed by atoms with Crippen LogP contribution in [-0.4, -0.2) is 33.4 Å². The van der Waals surface area contributed by atoms with Gasteiger partial charge in [0.25, 0.3) is 0 Å². The molecule has 0 bridgehead atoms. The first-order valence-electron chi connectivity index (χ1n) is 21.0. The zero-order valence-corrected chi connectivity index (χ0v) is 31.9. The van der Waals surface area contributed by atoms with Crippen LogP contribution >= 0.6 is 0 Å². The Labute approximate surface area is 292 Å². The van der Waals surface area contributed by atoms with Crippen molar-refractivity contribution >= 4 is 11.9 Å². The molecule has 5 nitrogen and oxygen atoms in total. The molecule has 280 valence electrons. The summed E-state index contributed by atoms with van der Waals surface area (Å²) in [6, 6.07) is 0. The van der Waals surface area contributed by atoms with Crippen LogP contribution in [0.4, 0.5) is 0 Å². The lowest BCUT2D eigenvalue weighted by Crippen LogP contribution is -2.42. The van der Waals surface area contributed by atoms with Crippen molar-refractivity contribution in [3.05, 3.63) is 0 Å². The number of carboxylic acid groups (broad SMARTS) is 2. The third-order valence-corrected chi connectivity index (χ3v) is 10.8. The summed E-state index contributed by atoms with van der Waals surface area (Å²) in [6.07, 6.45) is 36.3. The average Bonchev–Trinajstić information content (AvgIpc) is 3.05. The Hall–Kier alpha value is -1.10. The predicted molar refractivity (Wildman–Crippen MR) is 201 cm³/mol. The van der Waals surface area contributed by atoms with Gasteiger partial charge in [-0.25, -0.2) is 0 Å². The van der Waals surface area contributed by atoms with Crippen LogP contribution in [0.3, 0.4) is 0 Å². The molecule has 47 heavy (non-hydrogen) atoms. The Kier molecular flexibility index (Phi) is 32.6. The summed E-state index contributed by atoms with van der Waals surface area (Å²) in [7, 11) is 0. The van der Waals surface area contributed by atoms with Gasteiger partial charge in [0.05, 0.1) is 17.4 Å². The van der Waals surface area contributed by atoms with E-state index in [-0.39, 0.29) is 5.92 Å². The first-order chi connectivity index (χ1) is 22.9. The molecule has 0 aliphatic carbocycles. The Morgan fingerprint density at radius 3 is 1.00 bits per heavy atom. The van der Waals surface area contributed by atoms with E-state index in [1.54, 1.807) is 0 Å². The molecule has 0 radical (unpaired) electrons. The molecule has 0 aromatic rings. The van der Waals surface area contributed by atoms with Crippen molar-refractivity contribution < 1.29 is 24.9 Å². The van der Waals surface area contributed by atoms with Crippen LogP contribution in [0.2, 0.25) is 0 Å². The van der Waals surface area contributed by atoms with Crippen LogP contribution in [0.25, 0.3) is 0 Å². The molecule has 0 heterocycles. The van der Waals surface area contributed by atoms with Gasteiger partial charge in [0.15, 0.2) is 0 Å². The zero-order valence-electron chi connectivity index (χ0n) is 31.9. The molecule has 0 spiro atoms. The van der Waals surface area contributed by atoms with Gasteiger partial charge in [-0.1, -0.05) is 207 Å². The molecule has 0 amide bonds. The highest BCUT2D eigenvalue weighted by Crippen LogP contribution is 2.38. The van der Waals surface area contributed by atoms with Gasteiger partial charge < -0.3 is 15.3 Å². The molecule has 0 aliphatic rings. The van der Waals surface area contributed by atoms with Crippen molar-refractivity contribution in [2.45, 2.75) is 245 Å². The van der Waals surface area contributed by atoms with E-state index in [1.807, 2.05) is 0 Å². The number of rotatable bonds is 38. The molecule has 5 heteroatoms. The lowest BCUT2D eigenvalue weighted by Gasteiger charge is -2.35. The van der Waals surface area contributed by atoms with E-state index in [1.165, 1.54) is 103 Å². The van der Waals surface area contributed by atoms with E-state index in [4.69, 9.17) is 0 Å². The maximum atomic E-state index is 12.8. The lowest BCUT2D eigenvalue weighted by molar-refractivity contribution is -0.159. The standard InChI is InChI=1S/C42H82O5/c1-4-7-10-13-15-16-17-18-19-21-26-31-36-42(41(46)47,39(43)35-30-23-12-9-6-3)37-32-27-22-20-25-29-34-38(40(44)45)33-28-24-14-11-8-5-2/h38-39,43H,4-37H2,1-3H3,(H,44,45)(H,46,47). The minimum atomic E-state index is -1.02. The van der Waals surface area contributed by atoms with Crippen LogP contribution in [0.1, 0.15) is 239 Å². The van der Waals surface area contributed by atoms with Gasteiger partial charge in [-0.05, 0) is 32.1 Å². The molecule has 0 aromatic carbocycles. The van der Waals surface area contributed by atoms with Crippen molar-refractivity contribution in [1.82, 2.24) is 0 Å². The zero-order chi connectivity index (χ0) is 34.9. The summed E-state index contributed by atoms with van der Waals surface area (Å²) in [5.41, 5.74) is -1.02. The summed E-state index contributed by atoms with van der Waals surface area (Å²) in [5, 5.41) is 31.5. The molecule has 0 saturated heterocycles. The van der Waals surface area contributed by atoms with Gasteiger partial charge >= 0.3 is 11.9 Å². The molecule has 3 unspecified atom stereocenters. The van der Waals surface area contributed by atoms with E-state index in [9.17, 15) is 24.9 Å². The Morgan fingerprint density at radius 2 is 0.702 bits per heavy atom. The van der Waals surface area contributed by atoms with Crippen molar-refractivity contribution in [2.24, 2.45) is 11.3 Å². The van der Waals surface area contributed by atoms with Crippen LogP contribution < -0.4 is 0 Å². The lowest BCUT2D eigenvalue weighted by atomic mass is 9.72. The molecule has 0 saturated carbocycles. The van der Waals surface area contributed by atoms with Crippen molar-refractivity contribution in [1.29, 1.82) is 0 Å². The summed E-state index contributed by atoms with van der Waals surface area (Å²) >= 11 is 0. The van der Waals surface area contributed by atoms with Gasteiger partial charge in [0.2, 0.25) is 0 Å².